The molecule has 5 rings (SSSR count). The van der Waals surface area contributed by atoms with Crippen molar-refractivity contribution in [2.24, 2.45) is 0 Å². The van der Waals surface area contributed by atoms with Crippen molar-refractivity contribution in [3.05, 3.63) is 104 Å². The van der Waals surface area contributed by atoms with Crippen molar-refractivity contribution in [1.82, 2.24) is 14.7 Å². The first-order chi connectivity index (χ1) is 17.3. The molecule has 1 aliphatic rings. The molecule has 0 unspecified atom stereocenters. The third kappa shape index (κ3) is 4.71. The Balaban J connectivity index is 1.51. The number of hydrogen-bond acceptors (Lipinski definition) is 3. The van der Waals surface area contributed by atoms with Gasteiger partial charge in [-0.1, -0.05) is 81.6 Å². The smallest absolute Gasteiger partial charge is 0.274 e. The van der Waals surface area contributed by atoms with Gasteiger partial charge in [-0.25, -0.2) is 4.68 Å². The Morgan fingerprint density at radius 3 is 2.31 bits per heavy atom. The van der Waals surface area contributed by atoms with E-state index in [0.29, 0.717) is 47.4 Å². The number of halogens is 3. The van der Waals surface area contributed by atoms with Crippen molar-refractivity contribution in [3.8, 4) is 16.9 Å². The number of carbonyl (C=O) groups excluding carboxylic acids is 1. The molecule has 3 aromatic carbocycles. The van der Waals surface area contributed by atoms with Gasteiger partial charge in [-0.3, -0.25) is 4.79 Å². The fourth-order valence-corrected chi connectivity index (χ4v) is 5.49. The fourth-order valence-electron chi connectivity index (χ4n) is 4.74. The fraction of sp³-hybridized carbons (Fsp3) is 0.214. The van der Waals surface area contributed by atoms with Gasteiger partial charge in [0.2, 0.25) is 0 Å². The quantitative estimate of drug-likeness (QED) is 0.280. The largest absolute Gasteiger partial charge is 0.385 e. The van der Waals surface area contributed by atoms with Crippen molar-refractivity contribution in [2.45, 2.75) is 25.4 Å². The number of likely N-dealkylation sites (tertiary alicyclic amines) is 1. The highest BCUT2D eigenvalue weighted by Crippen LogP contribution is 2.36. The third-order valence-electron chi connectivity index (χ3n) is 6.77. The maximum atomic E-state index is 13.7. The Hall–Kier alpha value is -2.64. The Morgan fingerprint density at radius 1 is 1.00 bits per heavy atom. The summed E-state index contributed by atoms with van der Waals surface area (Å²) in [5.74, 6) is -0.162. The van der Waals surface area contributed by atoms with Crippen molar-refractivity contribution in [3.63, 3.8) is 0 Å². The molecule has 36 heavy (non-hydrogen) atoms. The number of amides is 1. The number of aliphatic hydroxyl groups is 1. The minimum Gasteiger partial charge on any atom is -0.385 e. The molecule has 8 heteroatoms. The lowest BCUT2D eigenvalue weighted by molar-refractivity contribution is -0.0212. The zero-order valence-electron chi connectivity index (χ0n) is 19.6. The van der Waals surface area contributed by atoms with Gasteiger partial charge in [0.25, 0.3) is 5.91 Å². The maximum absolute atomic E-state index is 13.7. The number of nitrogens with zero attached hydrogens (tertiary/aromatic N) is 3. The van der Waals surface area contributed by atoms with Gasteiger partial charge in [0.15, 0.2) is 5.69 Å². The highest BCUT2D eigenvalue weighted by molar-refractivity contribution is 9.10. The molecule has 0 radical (unpaired) electrons. The molecule has 0 spiro atoms. The lowest BCUT2D eigenvalue weighted by Gasteiger charge is -2.38. The number of hydrogen-bond donors (Lipinski definition) is 1. The first-order valence-corrected chi connectivity index (χ1v) is 13.2. The SMILES string of the molecule is Cc1c(C(=O)N2CCC(O)(c3ccccc3)CC2)nn(-c2ccc(Cl)cc2Cl)c1-c1ccc(Br)cc1. The summed E-state index contributed by atoms with van der Waals surface area (Å²) in [6, 6.07) is 22.7. The van der Waals surface area contributed by atoms with Crippen LogP contribution in [-0.4, -0.2) is 38.8 Å². The van der Waals surface area contributed by atoms with Crippen LogP contribution in [0.15, 0.2) is 77.3 Å². The van der Waals surface area contributed by atoms with Crippen LogP contribution in [0.3, 0.4) is 0 Å². The van der Waals surface area contributed by atoms with Crippen molar-refractivity contribution in [2.75, 3.05) is 13.1 Å². The second kappa shape index (κ2) is 10.0. The molecule has 1 aliphatic heterocycles. The van der Waals surface area contributed by atoms with Crippen LogP contribution in [0, 0.1) is 6.92 Å². The monoisotopic (exact) mass is 583 g/mol. The van der Waals surface area contributed by atoms with Crippen LogP contribution in [0.2, 0.25) is 10.0 Å². The van der Waals surface area contributed by atoms with E-state index in [0.717, 1.165) is 26.9 Å². The summed E-state index contributed by atoms with van der Waals surface area (Å²) < 4.78 is 2.67. The van der Waals surface area contributed by atoms with Crippen LogP contribution in [0.25, 0.3) is 16.9 Å². The van der Waals surface area contributed by atoms with E-state index in [2.05, 4.69) is 15.9 Å². The molecule has 1 N–H and O–H groups in total. The topological polar surface area (TPSA) is 58.4 Å². The van der Waals surface area contributed by atoms with Crippen LogP contribution in [0.5, 0.6) is 0 Å². The molecule has 1 saturated heterocycles. The van der Waals surface area contributed by atoms with E-state index >= 15 is 0 Å². The predicted molar refractivity (Wildman–Crippen MR) is 147 cm³/mol. The molecule has 0 bridgehead atoms. The number of aromatic nitrogens is 2. The number of benzene rings is 3. The number of carbonyl (C=O) groups is 1. The standard InChI is InChI=1S/C28H24BrCl2N3O2/c1-18-25(27(35)33-15-13-28(36,14-16-33)20-5-3-2-4-6-20)32-34(24-12-11-22(30)17-23(24)31)26(18)19-7-9-21(29)10-8-19/h2-12,17,36H,13-16H2,1H3. The van der Waals surface area contributed by atoms with Crippen molar-refractivity contribution in [1.29, 1.82) is 0 Å². The summed E-state index contributed by atoms with van der Waals surface area (Å²) >= 11 is 16.2. The van der Waals surface area contributed by atoms with Crippen LogP contribution in [-0.2, 0) is 5.60 Å². The molecule has 1 amide bonds. The summed E-state index contributed by atoms with van der Waals surface area (Å²) in [7, 11) is 0. The Bertz CT molecular complexity index is 1410. The summed E-state index contributed by atoms with van der Waals surface area (Å²) in [6.07, 6.45) is 0.927. The molecule has 0 atom stereocenters. The van der Waals surface area contributed by atoms with E-state index in [1.807, 2.05) is 61.5 Å². The number of piperidine rings is 1. The lowest BCUT2D eigenvalue weighted by Crippen LogP contribution is -2.45. The molecule has 1 aromatic heterocycles. The zero-order chi connectivity index (χ0) is 25.4. The second-order valence-corrected chi connectivity index (χ2v) is 10.8. The van der Waals surface area contributed by atoms with E-state index in [-0.39, 0.29) is 5.91 Å². The average molecular weight is 585 g/mol. The second-order valence-electron chi connectivity index (χ2n) is 9.03. The first-order valence-electron chi connectivity index (χ1n) is 11.6. The summed E-state index contributed by atoms with van der Waals surface area (Å²) in [4.78, 5) is 15.5. The highest BCUT2D eigenvalue weighted by atomic mass is 79.9. The number of rotatable bonds is 4. The van der Waals surface area contributed by atoms with Crippen LogP contribution >= 0.6 is 39.1 Å². The van der Waals surface area contributed by atoms with Gasteiger partial charge in [0.1, 0.15) is 0 Å². The highest BCUT2D eigenvalue weighted by Gasteiger charge is 2.37. The van der Waals surface area contributed by atoms with E-state index in [9.17, 15) is 9.90 Å². The van der Waals surface area contributed by atoms with Crippen molar-refractivity contribution >= 4 is 45.0 Å². The van der Waals surface area contributed by atoms with Crippen LogP contribution < -0.4 is 0 Å². The Kier molecular flexibility index (Phi) is 6.97. The average Bonchev–Trinajstić information content (AvgIpc) is 3.22. The van der Waals surface area contributed by atoms with E-state index in [4.69, 9.17) is 28.3 Å². The lowest BCUT2D eigenvalue weighted by atomic mass is 9.84. The normalized spacial score (nSPS) is 15.2. The molecule has 0 saturated carbocycles. The predicted octanol–water partition coefficient (Wildman–Crippen LogP) is 7.04. The molecular formula is C28H24BrCl2N3O2. The van der Waals surface area contributed by atoms with Gasteiger partial charge in [-0.2, -0.15) is 5.10 Å². The van der Waals surface area contributed by atoms with E-state index < -0.39 is 5.60 Å². The van der Waals surface area contributed by atoms with Crippen molar-refractivity contribution < 1.29 is 9.90 Å². The molecule has 2 heterocycles. The summed E-state index contributed by atoms with van der Waals surface area (Å²) in [5, 5.41) is 16.9. The first kappa shape index (κ1) is 25.0. The van der Waals surface area contributed by atoms with Gasteiger partial charge in [0, 0.05) is 33.7 Å². The Morgan fingerprint density at radius 2 is 1.67 bits per heavy atom. The molecule has 1 fully saturated rings. The molecule has 0 aliphatic carbocycles. The maximum Gasteiger partial charge on any atom is 0.274 e. The van der Waals surface area contributed by atoms with Crippen LogP contribution in [0.4, 0.5) is 0 Å². The zero-order valence-corrected chi connectivity index (χ0v) is 22.7. The van der Waals surface area contributed by atoms with Gasteiger partial charge >= 0.3 is 0 Å². The van der Waals surface area contributed by atoms with Crippen LogP contribution in [0.1, 0.15) is 34.5 Å². The van der Waals surface area contributed by atoms with E-state index in [1.54, 1.807) is 27.8 Å². The Labute approximate surface area is 228 Å². The molecular weight excluding hydrogens is 561 g/mol. The summed E-state index contributed by atoms with van der Waals surface area (Å²) in [6.45, 7) is 2.78. The van der Waals surface area contributed by atoms with Gasteiger partial charge in [-0.15, -0.1) is 0 Å². The van der Waals surface area contributed by atoms with Gasteiger partial charge in [-0.05, 0) is 55.7 Å². The van der Waals surface area contributed by atoms with Gasteiger partial charge in [0.05, 0.1) is 22.0 Å². The minimum atomic E-state index is -0.939. The minimum absolute atomic E-state index is 0.162. The third-order valence-corrected chi connectivity index (χ3v) is 7.84. The molecule has 5 nitrogen and oxygen atoms in total. The van der Waals surface area contributed by atoms with E-state index in [1.165, 1.54) is 0 Å². The molecule has 4 aromatic rings. The van der Waals surface area contributed by atoms with Gasteiger partial charge < -0.3 is 10.0 Å². The molecule has 184 valence electrons. The summed E-state index contributed by atoms with van der Waals surface area (Å²) in [5.41, 5.74) is 3.40.